The van der Waals surface area contributed by atoms with Crippen LogP contribution in [0.2, 0.25) is 0 Å². The van der Waals surface area contributed by atoms with Gasteiger partial charge in [0.1, 0.15) is 0 Å². The standard InChI is InChI=1S/C13H20O/c1-5-11-10(9-14)7-6-8-12(11)13(2,3)4/h6-8,14H,5,9H2,1-4H3. The molecule has 0 spiro atoms. The van der Waals surface area contributed by atoms with Crippen LogP contribution in [0.15, 0.2) is 18.2 Å². The van der Waals surface area contributed by atoms with Crippen LogP contribution in [0.25, 0.3) is 0 Å². The summed E-state index contributed by atoms with van der Waals surface area (Å²) in [5.74, 6) is 0. The first kappa shape index (κ1) is 11.3. The van der Waals surface area contributed by atoms with Crippen molar-refractivity contribution < 1.29 is 5.11 Å². The van der Waals surface area contributed by atoms with Crippen molar-refractivity contribution in [1.29, 1.82) is 0 Å². The molecule has 0 radical (unpaired) electrons. The monoisotopic (exact) mass is 192 g/mol. The van der Waals surface area contributed by atoms with E-state index in [2.05, 4.69) is 33.8 Å². The molecule has 1 aromatic carbocycles. The maximum Gasteiger partial charge on any atom is 0.0684 e. The Balaban J connectivity index is 3.29. The second-order valence-corrected chi connectivity index (χ2v) is 4.70. The molecule has 1 aromatic rings. The lowest BCUT2D eigenvalue weighted by atomic mass is 9.81. The van der Waals surface area contributed by atoms with Crippen molar-refractivity contribution in [3.05, 3.63) is 34.9 Å². The first-order valence-corrected chi connectivity index (χ1v) is 5.22. The summed E-state index contributed by atoms with van der Waals surface area (Å²) in [7, 11) is 0. The summed E-state index contributed by atoms with van der Waals surface area (Å²) in [6.45, 7) is 8.92. The van der Waals surface area contributed by atoms with Gasteiger partial charge >= 0.3 is 0 Å². The van der Waals surface area contributed by atoms with Crippen LogP contribution in [0.3, 0.4) is 0 Å². The van der Waals surface area contributed by atoms with Crippen molar-refractivity contribution in [1.82, 2.24) is 0 Å². The number of aliphatic hydroxyl groups excluding tert-OH is 1. The SMILES string of the molecule is CCc1c(CO)cccc1C(C)(C)C. The normalized spacial score (nSPS) is 11.8. The van der Waals surface area contributed by atoms with E-state index in [9.17, 15) is 5.11 Å². The summed E-state index contributed by atoms with van der Waals surface area (Å²) >= 11 is 0. The van der Waals surface area contributed by atoms with E-state index in [0.29, 0.717) is 0 Å². The second kappa shape index (κ2) is 4.14. The Hall–Kier alpha value is -0.820. The molecule has 14 heavy (non-hydrogen) atoms. The highest BCUT2D eigenvalue weighted by Crippen LogP contribution is 2.28. The largest absolute Gasteiger partial charge is 0.392 e. The third kappa shape index (κ3) is 2.16. The van der Waals surface area contributed by atoms with Crippen molar-refractivity contribution >= 4 is 0 Å². The summed E-state index contributed by atoms with van der Waals surface area (Å²) in [5, 5.41) is 9.24. The van der Waals surface area contributed by atoms with E-state index in [1.54, 1.807) is 0 Å². The first-order chi connectivity index (χ1) is 6.50. The van der Waals surface area contributed by atoms with Crippen molar-refractivity contribution in [3.8, 4) is 0 Å². The van der Waals surface area contributed by atoms with Crippen LogP contribution in [0.4, 0.5) is 0 Å². The van der Waals surface area contributed by atoms with Gasteiger partial charge in [0.05, 0.1) is 6.61 Å². The lowest BCUT2D eigenvalue weighted by Gasteiger charge is -2.24. The molecule has 0 saturated heterocycles. The molecule has 0 atom stereocenters. The van der Waals surface area contributed by atoms with Crippen LogP contribution >= 0.6 is 0 Å². The van der Waals surface area contributed by atoms with Crippen molar-refractivity contribution in [2.75, 3.05) is 0 Å². The fourth-order valence-electron chi connectivity index (χ4n) is 1.90. The number of rotatable bonds is 2. The molecule has 0 aliphatic rings. The van der Waals surface area contributed by atoms with E-state index in [0.717, 1.165) is 12.0 Å². The average Bonchev–Trinajstić information content (AvgIpc) is 2.15. The number of hydrogen-bond donors (Lipinski definition) is 1. The zero-order valence-electron chi connectivity index (χ0n) is 9.59. The summed E-state index contributed by atoms with van der Waals surface area (Å²) < 4.78 is 0. The average molecular weight is 192 g/mol. The molecule has 78 valence electrons. The highest BCUT2D eigenvalue weighted by Gasteiger charge is 2.18. The molecule has 0 amide bonds. The zero-order valence-corrected chi connectivity index (χ0v) is 9.59. The highest BCUT2D eigenvalue weighted by atomic mass is 16.3. The predicted octanol–water partition coefficient (Wildman–Crippen LogP) is 3.04. The molecule has 0 bridgehead atoms. The van der Waals surface area contributed by atoms with Gasteiger partial charge in [-0.3, -0.25) is 0 Å². The molecular weight excluding hydrogens is 172 g/mol. The van der Waals surface area contributed by atoms with E-state index < -0.39 is 0 Å². The molecule has 1 nitrogen and oxygen atoms in total. The molecule has 0 fully saturated rings. The lowest BCUT2D eigenvalue weighted by Crippen LogP contribution is -2.15. The third-order valence-electron chi connectivity index (χ3n) is 2.60. The van der Waals surface area contributed by atoms with Gasteiger partial charge in [0.25, 0.3) is 0 Å². The molecule has 1 heteroatoms. The van der Waals surface area contributed by atoms with Crippen LogP contribution in [0.5, 0.6) is 0 Å². The number of benzene rings is 1. The predicted molar refractivity (Wildman–Crippen MR) is 60.4 cm³/mol. The molecule has 0 aliphatic heterocycles. The van der Waals surface area contributed by atoms with Crippen LogP contribution in [-0.4, -0.2) is 5.11 Å². The van der Waals surface area contributed by atoms with Crippen LogP contribution in [0.1, 0.15) is 44.4 Å². The third-order valence-corrected chi connectivity index (χ3v) is 2.60. The molecule has 0 heterocycles. The van der Waals surface area contributed by atoms with Gasteiger partial charge in [-0.1, -0.05) is 45.9 Å². The van der Waals surface area contributed by atoms with Gasteiger partial charge in [0.15, 0.2) is 0 Å². The molecule has 0 aliphatic carbocycles. The highest BCUT2D eigenvalue weighted by molar-refractivity contribution is 5.39. The van der Waals surface area contributed by atoms with Crippen LogP contribution in [0, 0.1) is 0 Å². The Morgan fingerprint density at radius 1 is 1.21 bits per heavy atom. The topological polar surface area (TPSA) is 20.2 Å². The van der Waals surface area contributed by atoms with Crippen LogP contribution < -0.4 is 0 Å². The fourth-order valence-corrected chi connectivity index (χ4v) is 1.90. The molecular formula is C13H20O. The van der Waals surface area contributed by atoms with Gasteiger partial charge in [-0.2, -0.15) is 0 Å². The summed E-state index contributed by atoms with van der Waals surface area (Å²) in [6.07, 6.45) is 0.989. The fraction of sp³-hybridized carbons (Fsp3) is 0.538. The Bertz CT molecular complexity index is 308. The minimum Gasteiger partial charge on any atom is -0.392 e. The van der Waals surface area contributed by atoms with Gasteiger partial charge in [-0.25, -0.2) is 0 Å². The number of aliphatic hydroxyl groups is 1. The Kier molecular flexibility index (Phi) is 3.33. The second-order valence-electron chi connectivity index (χ2n) is 4.70. The quantitative estimate of drug-likeness (QED) is 0.763. The molecule has 0 unspecified atom stereocenters. The van der Waals surface area contributed by atoms with Crippen molar-refractivity contribution in [2.24, 2.45) is 0 Å². The molecule has 1 N–H and O–H groups in total. The summed E-state index contributed by atoms with van der Waals surface area (Å²) in [6, 6.07) is 6.21. The number of hydrogen-bond acceptors (Lipinski definition) is 1. The Morgan fingerprint density at radius 2 is 1.86 bits per heavy atom. The van der Waals surface area contributed by atoms with E-state index in [-0.39, 0.29) is 12.0 Å². The zero-order chi connectivity index (χ0) is 10.8. The minimum absolute atomic E-state index is 0.146. The van der Waals surface area contributed by atoms with E-state index in [1.807, 2.05) is 12.1 Å². The Morgan fingerprint density at radius 3 is 2.29 bits per heavy atom. The van der Waals surface area contributed by atoms with Crippen LogP contribution in [-0.2, 0) is 18.4 Å². The summed E-state index contributed by atoms with van der Waals surface area (Å²) in [5.41, 5.74) is 3.89. The van der Waals surface area contributed by atoms with Gasteiger partial charge < -0.3 is 5.11 Å². The molecule has 1 rings (SSSR count). The van der Waals surface area contributed by atoms with E-state index in [1.165, 1.54) is 11.1 Å². The van der Waals surface area contributed by atoms with Gasteiger partial charge in [0.2, 0.25) is 0 Å². The lowest BCUT2D eigenvalue weighted by molar-refractivity contribution is 0.280. The summed E-state index contributed by atoms with van der Waals surface area (Å²) in [4.78, 5) is 0. The van der Waals surface area contributed by atoms with E-state index in [4.69, 9.17) is 0 Å². The molecule has 0 aromatic heterocycles. The maximum atomic E-state index is 9.24. The van der Waals surface area contributed by atoms with Gasteiger partial charge in [-0.15, -0.1) is 0 Å². The first-order valence-electron chi connectivity index (χ1n) is 5.22. The minimum atomic E-state index is 0.146. The van der Waals surface area contributed by atoms with Crippen molar-refractivity contribution in [3.63, 3.8) is 0 Å². The van der Waals surface area contributed by atoms with E-state index >= 15 is 0 Å². The van der Waals surface area contributed by atoms with Gasteiger partial charge in [-0.05, 0) is 28.5 Å². The molecule has 0 saturated carbocycles. The van der Waals surface area contributed by atoms with Gasteiger partial charge in [0, 0.05) is 0 Å². The maximum absolute atomic E-state index is 9.24. The smallest absolute Gasteiger partial charge is 0.0684 e. The van der Waals surface area contributed by atoms with Crippen molar-refractivity contribution in [2.45, 2.75) is 46.1 Å². The Labute approximate surface area is 86.8 Å².